The highest BCUT2D eigenvalue weighted by atomic mass is 13.5. The van der Waals surface area contributed by atoms with Gasteiger partial charge in [-0.25, -0.2) is 20.0 Å². The van der Waals surface area contributed by atoms with Crippen LogP contribution in [0, 0.1) is 0 Å². The van der Waals surface area contributed by atoms with E-state index in [-0.39, 0.29) is 0 Å². The summed E-state index contributed by atoms with van der Waals surface area (Å²) in [5.74, 6) is 0. The van der Waals surface area contributed by atoms with E-state index in [1.165, 1.54) is 6.32 Å². The van der Waals surface area contributed by atoms with Crippen LogP contribution in [0.15, 0.2) is 0 Å². The molecule has 0 aromatic rings. The quantitative estimate of drug-likeness (QED) is 0.412. The van der Waals surface area contributed by atoms with Crippen molar-refractivity contribution >= 4 is 6.71 Å². The lowest BCUT2D eigenvalue weighted by atomic mass is 9.53. The highest BCUT2D eigenvalue weighted by molar-refractivity contribution is 6.55. The molecule has 0 amide bonds. The van der Waals surface area contributed by atoms with Crippen LogP contribution in [-0.4, -0.2) is 6.71 Å². The van der Waals surface area contributed by atoms with Crippen molar-refractivity contribution in [3.8, 4) is 0 Å². The molecule has 0 fully saturated rings. The largest absolute Gasteiger partial charge is 0.220 e. The molecule has 0 atom stereocenters. The Morgan fingerprint density at radius 2 is 1.60 bits per heavy atom. The van der Waals surface area contributed by atoms with Gasteiger partial charge in [0.25, 0.3) is 0 Å². The average Bonchev–Trinajstić information content (AvgIpc) is 1.38. The zero-order chi connectivity index (χ0) is 4.28. The van der Waals surface area contributed by atoms with Crippen LogP contribution in [0.25, 0.3) is 0 Å². The van der Waals surface area contributed by atoms with E-state index in [9.17, 15) is 0 Å². The lowest BCUT2D eigenvalue weighted by Gasteiger charge is -2.02. The molecule has 0 saturated heterocycles. The van der Waals surface area contributed by atoms with Crippen LogP contribution in [0.4, 0.5) is 0 Å². The minimum Gasteiger partial charge on any atom is -0.220 e. The van der Waals surface area contributed by atoms with Crippen LogP contribution < -0.4 is 0 Å². The second-order valence-corrected chi connectivity index (χ2v) is 1.80. The minimum atomic E-state index is 0.884. The average molecular weight is 69.9 g/mol. The Balaban J connectivity index is 2.54. The molecule has 0 saturated carbocycles. The van der Waals surface area contributed by atoms with Gasteiger partial charge in [0.15, 0.2) is 0 Å². The summed E-state index contributed by atoms with van der Waals surface area (Å²) in [6.07, 6.45) is 1.31. The number of hydrogen-bond donors (Lipinski definition) is 0. The Labute approximate surface area is 34.7 Å². The summed E-state index contributed by atoms with van der Waals surface area (Å²) < 4.78 is 0. The van der Waals surface area contributed by atoms with Crippen molar-refractivity contribution < 1.29 is 0 Å². The third-order valence-electron chi connectivity index (χ3n) is 0.816. The fourth-order valence-corrected chi connectivity index (χ4v) is 0. The van der Waals surface area contributed by atoms with Gasteiger partial charge in [-0.1, -0.05) is 6.92 Å². The third-order valence-corrected chi connectivity index (χ3v) is 0.816. The van der Waals surface area contributed by atoms with Gasteiger partial charge in [-0.15, -0.1) is 6.71 Å². The van der Waals surface area contributed by atoms with Gasteiger partial charge in [-0.2, -0.15) is 0 Å². The van der Waals surface area contributed by atoms with E-state index in [0.29, 0.717) is 0 Å². The Morgan fingerprint density at radius 3 is 1.60 bits per heavy atom. The first kappa shape index (κ1) is 5.06. The topological polar surface area (TPSA) is 0 Å². The second kappa shape index (κ2) is 2.31. The van der Waals surface area contributed by atoms with Crippen LogP contribution in [0.3, 0.4) is 0 Å². The molecule has 0 bridgehead atoms. The second-order valence-electron chi connectivity index (χ2n) is 1.80. The van der Waals surface area contributed by atoms with Gasteiger partial charge in [0.1, 0.15) is 0 Å². The fraction of sp³-hybridized carbons (Fsp3) is 1.00. The number of rotatable bonds is 1. The molecule has 0 aromatic heterocycles. The van der Waals surface area contributed by atoms with E-state index in [2.05, 4.69) is 20.6 Å². The maximum absolute atomic E-state index is 2.22. The van der Waals surface area contributed by atoms with Gasteiger partial charge in [-0.3, -0.25) is 0 Å². The van der Waals surface area contributed by atoms with Gasteiger partial charge in [0, 0.05) is 0 Å². The number of hydrogen-bond acceptors (Lipinski definition) is 0. The predicted octanol–water partition coefficient (Wildman–Crippen LogP) is 1.76. The monoisotopic (exact) mass is 70.1 g/mol. The van der Waals surface area contributed by atoms with Gasteiger partial charge >= 0.3 is 0 Å². The molecule has 31 valence electrons. The standard InChI is InChI=1S/C4H11B/c1-4-5(2)3/h4H2,1-3H3/q-1. The molecule has 0 aromatic carbocycles. The zero-order valence-electron chi connectivity index (χ0n) is 4.28. The van der Waals surface area contributed by atoms with Crippen molar-refractivity contribution in [2.75, 3.05) is 0 Å². The molecule has 5 heavy (non-hydrogen) atoms. The summed E-state index contributed by atoms with van der Waals surface area (Å²) in [6.45, 7) is 7.53. The molecule has 0 N–H and O–H groups in total. The first-order valence-electron chi connectivity index (χ1n) is 2.27. The zero-order valence-corrected chi connectivity index (χ0v) is 4.28. The highest BCUT2D eigenvalue weighted by Gasteiger charge is 1.67. The molecule has 0 aliphatic rings. The molecule has 0 nitrogen and oxygen atoms in total. The summed E-state index contributed by atoms with van der Waals surface area (Å²) in [6, 6.07) is 0. The summed E-state index contributed by atoms with van der Waals surface area (Å²) in [4.78, 5) is 0. The maximum atomic E-state index is 2.22. The van der Waals surface area contributed by atoms with E-state index in [1.54, 1.807) is 0 Å². The first-order valence-corrected chi connectivity index (χ1v) is 2.27. The molecule has 1 heteroatoms. The molecule has 0 rings (SSSR count). The van der Waals surface area contributed by atoms with E-state index < -0.39 is 0 Å². The van der Waals surface area contributed by atoms with Gasteiger partial charge in [0.2, 0.25) is 0 Å². The summed E-state index contributed by atoms with van der Waals surface area (Å²) in [7, 11) is 0. The molecule has 0 heterocycles. The molecule has 0 aliphatic carbocycles. The van der Waals surface area contributed by atoms with Crippen molar-refractivity contribution in [3.05, 3.63) is 0 Å². The Kier molecular flexibility index (Phi) is 2.34. The smallest absolute Gasteiger partial charge is 0.0996 e. The Hall–Kier alpha value is 0.0649. The molecule has 1 radical (unpaired) electrons. The molecule has 0 aliphatic heterocycles. The van der Waals surface area contributed by atoms with E-state index in [4.69, 9.17) is 0 Å². The molecule has 0 unspecified atom stereocenters. The van der Waals surface area contributed by atoms with E-state index in [1.807, 2.05) is 0 Å². The van der Waals surface area contributed by atoms with Gasteiger partial charge in [-0.05, 0) is 0 Å². The minimum absolute atomic E-state index is 0.884. The fourth-order valence-electron chi connectivity index (χ4n) is 0. The molecular weight excluding hydrogens is 58.9 g/mol. The summed E-state index contributed by atoms with van der Waals surface area (Å²) >= 11 is 0. The van der Waals surface area contributed by atoms with Crippen LogP contribution >= 0.6 is 0 Å². The third kappa shape index (κ3) is 4.06. The van der Waals surface area contributed by atoms with Crippen molar-refractivity contribution in [1.29, 1.82) is 0 Å². The summed E-state index contributed by atoms with van der Waals surface area (Å²) in [5, 5.41) is 0. The predicted molar refractivity (Wildman–Crippen MR) is 28.0 cm³/mol. The van der Waals surface area contributed by atoms with E-state index in [0.717, 1.165) is 6.71 Å². The normalized spacial score (nSPS) is 9.60. The Morgan fingerprint density at radius 1 is 1.40 bits per heavy atom. The van der Waals surface area contributed by atoms with Crippen LogP contribution in [0.2, 0.25) is 20.0 Å². The van der Waals surface area contributed by atoms with Crippen LogP contribution in [0.1, 0.15) is 6.92 Å². The lowest BCUT2D eigenvalue weighted by Crippen LogP contribution is -1.92. The van der Waals surface area contributed by atoms with Crippen molar-refractivity contribution in [1.82, 2.24) is 0 Å². The Bertz CT molecular complexity index is 17.6. The van der Waals surface area contributed by atoms with Crippen molar-refractivity contribution in [2.45, 2.75) is 26.9 Å². The van der Waals surface area contributed by atoms with Crippen LogP contribution in [0.5, 0.6) is 0 Å². The first-order chi connectivity index (χ1) is 2.27. The van der Waals surface area contributed by atoms with Crippen LogP contribution in [-0.2, 0) is 0 Å². The molecule has 0 spiro atoms. The highest BCUT2D eigenvalue weighted by Crippen LogP contribution is 1.83. The maximum Gasteiger partial charge on any atom is -0.0996 e. The van der Waals surface area contributed by atoms with Gasteiger partial charge in [0.05, 0.1) is 0 Å². The van der Waals surface area contributed by atoms with Crippen molar-refractivity contribution in [2.24, 2.45) is 0 Å². The van der Waals surface area contributed by atoms with E-state index >= 15 is 0 Å². The lowest BCUT2D eigenvalue weighted by molar-refractivity contribution is 1.41. The summed E-state index contributed by atoms with van der Waals surface area (Å²) in [5.41, 5.74) is 0. The van der Waals surface area contributed by atoms with Crippen molar-refractivity contribution in [3.63, 3.8) is 0 Å². The van der Waals surface area contributed by atoms with Gasteiger partial charge < -0.3 is 0 Å². The SMILES string of the molecule is CC[B-](C)C. The molecular formula is C4H11B-.